The van der Waals surface area contributed by atoms with Crippen molar-refractivity contribution < 1.29 is 0 Å². The topological polar surface area (TPSA) is 29.9 Å². The number of anilines is 1. The Bertz CT molecular complexity index is 520. The molecule has 0 aliphatic carbocycles. The van der Waals surface area contributed by atoms with Crippen LogP contribution in [0.1, 0.15) is 24.7 Å². The lowest BCUT2D eigenvalue weighted by molar-refractivity contribution is 0.644. The first kappa shape index (κ1) is 13.1. The van der Waals surface area contributed by atoms with Gasteiger partial charge in [0.1, 0.15) is 5.82 Å². The number of hydrogen-bond acceptors (Lipinski definition) is 2. The molecule has 1 N–H and O–H groups in total. The minimum atomic E-state index is 0.745. The largest absolute Gasteiger partial charge is 0.377 e. The van der Waals surface area contributed by atoms with Crippen LogP contribution in [0.3, 0.4) is 0 Å². The fourth-order valence-corrected chi connectivity index (χ4v) is 2.29. The molecule has 0 atom stereocenters. The van der Waals surface area contributed by atoms with Crippen molar-refractivity contribution in [1.82, 2.24) is 9.55 Å². The Hall–Kier alpha value is -1.29. The summed E-state index contributed by atoms with van der Waals surface area (Å²) in [6.45, 7) is 6.03. The van der Waals surface area contributed by atoms with Gasteiger partial charge in [-0.15, -0.1) is 0 Å². The molecule has 1 aromatic heterocycles. The molecular formula is C14H18BrN3. The third-order valence-corrected chi connectivity index (χ3v) is 3.52. The third kappa shape index (κ3) is 3.13. The predicted octanol–water partition coefficient (Wildman–Crippen LogP) is 3.98. The zero-order valence-corrected chi connectivity index (χ0v) is 12.4. The van der Waals surface area contributed by atoms with Gasteiger partial charge < -0.3 is 9.88 Å². The van der Waals surface area contributed by atoms with Crippen LogP contribution < -0.4 is 5.32 Å². The molecule has 96 valence electrons. The van der Waals surface area contributed by atoms with E-state index in [9.17, 15) is 0 Å². The van der Waals surface area contributed by atoms with E-state index >= 15 is 0 Å². The van der Waals surface area contributed by atoms with Gasteiger partial charge >= 0.3 is 0 Å². The summed E-state index contributed by atoms with van der Waals surface area (Å²) in [7, 11) is 0. The Kier molecular flexibility index (Phi) is 4.42. The SMILES string of the molecule is CCCn1ccnc1CNc1cc(C)ccc1Br. The molecule has 0 aliphatic rings. The highest BCUT2D eigenvalue weighted by atomic mass is 79.9. The number of aromatic nitrogens is 2. The van der Waals surface area contributed by atoms with Gasteiger partial charge in [-0.1, -0.05) is 13.0 Å². The van der Waals surface area contributed by atoms with E-state index in [0.29, 0.717) is 0 Å². The highest BCUT2D eigenvalue weighted by Crippen LogP contribution is 2.23. The van der Waals surface area contributed by atoms with Crippen LogP contribution in [-0.2, 0) is 13.1 Å². The number of aryl methyl sites for hydroxylation is 2. The minimum absolute atomic E-state index is 0.745. The van der Waals surface area contributed by atoms with E-state index in [1.54, 1.807) is 0 Å². The van der Waals surface area contributed by atoms with Crippen molar-refractivity contribution in [3.05, 3.63) is 46.5 Å². The van der Waals surface area contributed by atoms with Gasteiger partial charge in [-0.25, -0.2) is 4.98 Å². The summed E-state index contributed by atoms with van der Waals surface area (Å²) in [5.41, 5.74) is 2.36. The summed E-state index contributed by atoms with van der Waals surface area (Å²) in [5.74, 6) is 1.07. The van der Waals surface area contributed by atoms with Gasteiger partial charge in [-0.2, -0.15) is 0 Å². The molecule has 0 fully saturated rings. The Labute approximate surface area is 116 Å². The monoisotopic (exact) mass is 307 g/mol. The average Bonchev–Trinajstić information content (AvgIpc) is 2.78. The number of rotatable bonds is 5. The number of imidazole rings is 1. The Balaban J connectivity index is 2.06. The van der Waals surface area contributed by atoms with Gasteiger partial charge in [-0.3, -0.25) is 0 Å². The van der Waals surface area contributed by atoms with E-state index < -0.39 is 0 Å². The van der Waals surface area contributed by atoms with Crippen LogP contribution >= 0.6 is 15.9 Å². The van der Waals surface area contributed by atoms with Gasteiger partial charge in [0.05, 0.1) is 6.54 Å². The molecule has 18 heavy (non-hydrogen) atoms. The maximum atomic E-state index is 4.39. The zero-order valence-electron chi connectivity index (χ0n) is 10.8. The number of halogens is 1. The third-order valence-electron chi connectivity index (χ3n) is 2.83. The van der Waals surface area contributed by atoms with Crippen molar-refractivity contribution >= 4 is 21.6 Å². The van der Waals surface area contributed by atoms with E-state index in [4.69, 9.17) is 0 Å². The molecule has 3 nitrogen and oxygen atoms in total. The van der Waals surface area contributed by atoms with Crippen molar-refractivity contribution in [1.29, 1.82) is 0 Å². The maximum absolute atomic E-state index is 4.39. The van der Waals surface area contributed by atoms with E-state index in [1.807, 2.05) is 12.4 Å². The molecule has 0 amide bonds. The van der Waals surface area contributed by atoms with Crippen molar-refractivity contribution in [3.63, 3.8) is 0 Å². The summed E-state index contributed by atoms with van der Waals surface area (Å²) >= 11 is 3.55. The average molecular weight is 308 g/mol. The smallest absolute Gasteiger partial charge is 0.128 e. The molecule has 0 radical (unpaired) electrons. The van der Waals surface area contributed by atoms with E-state index in [1.165, 1.54) is 5.56 Å². The summed E-state index contributed by atoms with van der Waals surface area (Å²) in [4.78, 5) is 4.39. The standard InChI is InChI=1S/C14H18BrN3/c1-3-7-18-8-6-16-14(18)10-17-13-9-11(2)4-5-12(13)15/h4-6,8-9,17H,3,7,10H2,1-2H3. The van der Waals surface area contributed by atoms with Crippen LogP contribution in [0.4, 0.5) is 5.69 Å². The zero-order chi connectivity index (χ0) is 13.0. The molecule has 0 aliphatic heterocycles. The molecule has 1 heterocycles. The first-order valence-electron chi connectivity index (χ1n) is 6.20. The lowest BCUT2D eigenvalue weighted by Crippen LogP contribution is -2.08. The molecule has 0 spiro atoms. The Morgan fingerprint density at radius 2 is 2.22 bits per heavy atom. The normalized spacial score (nSPS) is 10.6. The van der Waals surface area contributed by atoms with Crippen LogP contribution in [0, 0.1) is 6.92 Å². The molecule has 1 aromatic carbocycles. The highest BCUT2D eigenvalue weighted by Gasteiger charge is 2.04. The summed E-state index contributed by atoms with van der Waals surface area (Å²) in [5, 5.41) is 3.42. The molecule has 2 rings (SSSR count). The van der Waals surface area contributed by atoms with Crippen molar-refractivity contribution in [3.8, 4) is 0 Å². The molecular weight excluding hydrogens is 290 g/mol. The minimum Gasteiger partial charge on any atom is -0.377 e. The van der Waals surface area contributed by atoms with Crippen LogP contribution in [0.2, 0.25) is 0 Å². The molecule has 4 heteroatoms. The second kappa shape index (κ2) is 6.05. The molecule has 0 unspecified atom stereocenters. The molecule has 0 saturated heterocycles. The van der Waals surface area contributed by atoms with E-state index in [-0.39, 0.29) is 0 Å². The van der Waals surface area contributed by atoms with E-state index in [2.05, 4.69) is 62.8 Å². The summed E-state index contributed by atoms with van der Waals surface area (Å²) < 4.78 is 3.28. The fraction of sp³-hybridized carbons (Fsp3) is 0.357. The maximum Gasteiger partial charge on any atom is 0.128 e. The number of hydrogen-bond donors (Lipinski definition) is 1. The quantitative estimate of drug-likeness (QED) is 0.905. The second-order valence-electron chi connectivity index (χ2n) is 4.37. The van der Waals surface area contributed by atoms with Crippen LogP contribution in [-0.4, -0.2) is 9.55 Å². The Morgan fingerprint density at radius 3 is 3.00 bits per heavy atom. The van der Waals surface area contributed by atoms with Crippen molar-refractivity contribution in [2.24, 2.45) is 0 Å². The van der Waals surface area contributed by atoms with Gasteiger partial charge in [0.2, 0.25) is 0 Å². The second-order valence-corrected chi connectivity index (χ2v) is 5.23. The molecule has 0 saturated carbocycles. The van der Waals surface area contributed by atoms with Crippen molar-refractivity contribution in [2.45, 2.75) is 33.4 Å². The molecule has 0 bridgehead atoms. The van der Waals surface area contributed by atoms with Gasteiger partial charge in [0.25, 0.3) is 0 Å². The van der Waals surface area contributed by atoms with Crippen LogP contribution in [0.5, 0.6) is 0 Å². The highest BCUT2D eigenvalue weighted by molar-refractivity contribution is 9.10. The van der Waals surface area contributed by atoms with Gasteiger partial charge in [-0.05, 0) is 47.0 Å². The van der Waals surface area contributed by atoms with Crippen LogP contribution in [0.25, 0.3) is 0 Å². The molecule has 2 aromatic rings. The van der Waals surface area contributed by atoms with Gasteiger partial charge in [0.15, 0.2) is 0 Å². The summed E-state index contributed by atoms with van der Waals surface area (Å²) in [6, 6.07) is 6.29. The first-order valence-corrected chi connectivity index (χ1v) is 7.00. The Morgan fingerprint density at radius 1 is 1.39 bits per heavy atom. The van der Waals surface area contributed by atoms with Crippen LogP contribution in [0.15, 0.2) is 35.1 Å². The summed E-state index contributed by atoms with van der Waals surface area (Å²) in [6.07, 6.45) is 5.02. The lowest BCUT2D eigenvalue weighted by Gasteiger charge is -2.11. The number of benzene rings is 1. The number of nitrogens with zero attached hydrogens (tertiary/aromatic N) is 2. The predicted molar refractivity (Wildman–Crippen MR) is 78.7 cm³/mol. The van der Waals surface area contributed by atoms with E-state index in [0.717, 1.165) is 35.5 Å². The van der Waals surface area contributed by atoms with Crippen molar-refractivity contribution in [2.75, 3.05) is 5.32 Å². The first-order chi connectivity index (χ1) is 8.70. The fourth-order valence-electron chi connectivity index (χ4n) is 1.90. The lowest BCUT2D eigenvalue weighted by atomic mass is 10.2. The number of nitrogens with one attached hydrogen (secondary N) is 1. The van der Waals surface area contributed by atoms with Gasteiger partial charge in [0, 0.05) is 29.1 Å².